The molecule has 0 unspecified atom stereocenters. The van der Waals surface area contributed by atoms with E-state index in [1.807, 2.05) is 6.07 Å². The van der Waals surface area contributed by atoms with Crippen LogP contribution < -0.4 is 4.90 Å². The molecule has 0 radical (unpaired) electrons. The molecule has 0 saturated carbocycles. The minimum Gasteiger partial charge on any atom is -0.435 e. The largest absolute Gasteiger partial charge is 0.435 e. The summed E-state index contributed by atoms with van der Waals surface area (Å²) < 4.78 is 4.69. The molecular formula is C14H19NO2. The van der Waals surface area contributed by atoms with E-state index in [1.54, 1.807) is 0 Å². The van der Waals surface area contributed by atoms with Crippen LogP contribution in [-0.4, -0.2) is 19.1 Å². The Morgan fingerprint density at radius 3 is 2.88 bits per heavy atom. The average molecular weight is 233 g/mol. The van der Waals surface area contributed by atoms with Gasteiger partial charge in [0.15, 0.2) is 0 Å². The molecule has 3 heteroatoms. The molecule has 0 N–H and O–H groups in total. The normalized spacial score (nSPS) is 9.76. The zero-order valence-electron chi connectivity index (χ0n) is 10.5. The van der Waals surface area contributed by atoms with Gasteiger partial charge < -0.3 is 9.64 Å². The summed E-state index contributed by atoms with van der Waals surface area (Å²) in [6.07, 6.45) is 1.54. The molecule has 0 aromatic heterocycles. The lowest BCUT2D eigenvalue weighted by Crippen LogP contribution is -2.26. The molecule has 3 nitrogen and oxygen atoms in total. The standard InChI is InChI=1S/C14H19NO2/c1-4-15(10-9-14(16)17-5-2)13-8-6-7-12(3)11-13/h5-8,11H,2,4,9-10H2,1,3H3. The number of carbonyl (C=O) groups excluding carboxylic acids is 1. The first-order valence-corrected chi connectivity index (χ1v) is 5.79. The first kappa shape index (κ1) is 13.3. The smallest absolute Gasteiger partial charge is 0.312 e. The maximum absolute atomic E-state index is 11.2. The zero-order valence-corrected chi connectivity index (χ0v) is 10.5. The number of rotatable bonds is 6. The van der Waals surface area contributed by atoms with Gasteiger partial charge in [-0.25, -0.2) is 0 Å². The summed E-state index contributed by atoms with van der Waals surface area (Å²) >= 11 is 0. The lowest BCUT2D eigenvalue weighted by molar-refractivity contribution is -0.137. The first-order chi connectivity index (χ1) is 8.17. The molecule has 0 fully saturated rings. The molecule has 0 spiro atoms. The van der Waals surface area contributed by atoms with E-state index in [2.05, 4.69) is 43.5 Å². The lowest BCUT2D eigenvalue weighted by atomic mass is 10.2. The van der Waals surface area contributed by atoms with Crippen molar-refractivity contribution in [3.63, 3.8) is 0 Å². The lowest BCUT2D eigenvalue weighted by Gasteiger charge is -2.22. The molecule has 1 aromatic rings. The van der Waals surface area contributed by atoms with Gasteiger partial charge in [0.1, 0.15) is 0 Å². The van der Waals surface area contributed by atoms with Gasteiger partial charge >= 0.3 is 5.97 Å². The number of hydrogen-bond donors (Lipinski definition) is 0. The number of aryl methyl sites for hydroxylation is 1. The molecule has 0 saturated heterocycles. The van der Waals surface area contributed by atoms with E-state index in [-0.39, 0.29) is 5.97 Å². The third-order valence-corrected chi connectivity index (χ3v) is 2.55. The van der Waals surface area contributed by atoms with Gasteiger partial charge in [-0.15, -0.1) is 0 Å². The van der Waals surface area contributed by atoms with E-state index in [4.69, 9.17) is 4.74 Å². The van der Waals surface area contributed by atoms with Crippen LogP contribution in [0.2, 0.25) is 0 Å². The topological polar surface area (TPSA) is 29.5 Å². The highest BCUT2D eigenvalue weighted by atomic mass is 16.5. The van der Waals surface area contributed by atoms with Crippen molar-refractivity contribution in [3.05, 3.63) is 42.7 Å². The van der Waals surface area contributed by atoms with Gasteiger partial charge in [0.25, 0.3) is 0 Å². The first-order valence-electron chi connectivity index (χ1n) is 5.79. The van der Waals surface area contributed by atoms with Crippen LogP contribution in [0.5, 0.6) is 0 Å². The van der Waals surface area contributed by atoms with Crippen LogP contribution in [0.4, 0.5) is 5.69 Å². The van der Waals surface area contributed by atoms with E-state index >= 15 is 0 Å². The van der Waals surface area contributed by atoms with Crippen molar-refractivity contribution in [2.75, 3.05) is 18.0 Å². The van der Waals surface area contributed by atoms with Crippen molar-refractivity contribution >= 4 is 11.7 Å². The van der Waals surface area contributed by atoms with E-state index in [0.717, 1.165) is 12.2 Å². The van der Waals surface area contributed by atoms with Crippen LogP contribution in [0.15, 0.2) is 37.1 Å². The molecule has 0 aliphatic heterocycles. The minimum atomic E-state index is -0.244. The SMILES string of the molecule is C=COC(=O)CCN(CC)c1cccc(C)c1. The average Bonchev–Trinajstić information content (AvgIpc) is 2.30. The van der Waals surface area contributed by atoms with Crippen LogP contribution in [0.3, 0.4) is 0 Å². The number of anilines is 1. The van der Waals surface area contributed by atoms with Gasteiger partial charge in [-0.1, -0.05) is 18.7 Å². The Morgan fingerprint density at radius 2 is 2.29 bits per heavy atom. The number of ether oxygens (including phenoxy) is 1. The number of carbonyl (C=O) groups is 1. The van der Waals surface area contributed by atoms with E-state index in [9.17, 15) is 4.79 Å². The molecule has 0 bridgehead atoms. The highest BCUT2D eigenvalue weighted by Crippen LogP contribution is 2.15. The quantitative estimate of drug-likeness (QED) is 0.559. The number of nitrogens with zero attached hydrogens (tertiary/aromatic N) is 1. The van der Waals surface area contributed by atoms with Crippen LogP contribution >= 0.6 is 0 Å². The fourth-order valence-corrected chi connectivity index (χ4v) is 1.67. The summed E-state index contributed by atoms with van der Waals surface area (Å²) in [5.74, 6) is -0.244. The fraction of sp³-hybridized carbons (Fsp3) is 0.357. The molecular weight excluding hydrogens is 214 g/mol. The summed E-state index contributed by atoms with van der Waals surface area (Å²) in [4.78, 5) is 13.4. The predicted molar refractivity (Wildman–Crippen MR) is 70.0 cm³/mol. The predicted octanol–water partition coefficient (Wildman–Crippen LogP) is 2.90. The van der Waals surface area contributed by atoms with Gasteiger partial charge in [0.2, 0.25) is 0 Å². The van der Waals surface area contributed by atoms with Crippen molar-refractivity contribution in [2.45, 2.75) is 20.3 Å². The Hall–Kier alpha value is -1.77. The Labute approximate surface area is 103 Å². The molecule has 0 heterocycles. The van der Waals surface area contributed by atoms with Crippen molar-refractivity contribution in [2.24, 2.45) is 0 Å². The third-order valence-electron chi connectivity index (χ3n) is 2.55. The molecule has 1 rings (SSSR count). The monoisotopic (exact) mass is 233 g/mol. The van der Waals surface area contributed by atoms with Crippen LogP contribution in [-0.2, 0) is 9.53 Å². The van der Waals surface area contributed by atoms with Gasteiger partial charge in [-0.05, 0) is 31.5 Å². The van der Waals surface area contributed by atoms with Gasteiger partial charge in [-0.2, -0.15) is 0 Å². The Bertz CT molecular complexity index is 388. The van der Waals surface area contributed by atoms with Crippen LogP contribution in [0.25, 0.3) is 0 Å². The molecule has 0 atom stereocenters. The molecule has 17 heavy (non-hydrogen) atoms. The second-order valence-corrected chi connectivity index (χ2v) is 3.83. The zero-order chi connectivity index (χ0) is 12.7. The van der Waals surface area contributed by atoms with Crippen LogP contribution in [0.1, 0.15) is 18.9 Å². The highest BCUT2D eigenvalue weighted by molar-refractivity contribution is 5.70. The second-order valence-electron chi connectivity index (χ2n) is 3.83. The molecule has 0 amide bonds. The third kappa shape index (κ3) is 4.31. The number of hydrogen-bond acceptors (Lipinski definition) is 3. The fourth-order valence-electron chi connectivity index (χ4n) is 1.67. The number of esters is 1. The van der Waals surface area contributed by atoms with Gasteiger partial charge in [0, 0.05) is 18.8 Å². The maximum Gasteiger partial charge on any atom is 0.312 e. The maximum atomic E-state index is 11.2. The van der Waals surface area contributed by atoms with Crippen LogP contribution in [0, 0.1) is 6.92 Å². The summed E-state index contributed by atoms with van der Waals surface area (Å²) in [5, 5.41) is 0. The Balaban J connectivity index is 2.59. The van der Waals surface area contributed by atoms with E-state index in [0.29, 0.717) is 13.0 Å². The Kier molecular flexibility index (Phi) is 5.27. The van der Waals surface area contributed by atoms with E-state index < -0.39 is 0 Å². The van der Waals surface area contributed by atoms with Crippen molar-refractivity contribution in [1.82, 2.24) is 0 Å². The molecule has 0 aliphatic rings. The summed E-state index contributed by atoms with van der Waals surface area (Å²) in [7, 11) is 0. The van der Waals surface area contributed by atoms with Gasteiger partial charge in [-0.3, -0.25) is 4.79 Å². The highest BCUT2D eigenvalue weighted by Gasteiger charge is 2.07. The van der Waals surface area contributed by atoms with Crippen molar-refractivity contribution in [1.29, 1.82) is 0 Å². The summed E-state index contributed by atoms with van der Waals surface area (Å²) in [6.45, 7) is 9.02. The Morgan fingerprint density at radius 1 is 1.53 bits per heavy atom. The molecule has 1 aromatic carbocycles. The summed E-state index contributed by atoms with van der Waals surface area (Å²) in [6, 6.07) is 8.25. The minimum absolute atomic E-state index is 0.244. The van der Waals surface area contributed by atoms with Gasteiger partial charge in [0.05, 0.1) is 12.7 Å². The van der Waals surface area contributed by atoms with Crippen molar-refractivity contribution in [3.8, 4) is 0 Å². The molecule has 0 aliphatic carbocycles. The van der Waals surface area contributed by atoms with E-state index in [1.165, 1.54) is 11.8 Å². The van der Waals surface area contributed by atoms with Crippen molar-refractivity contribution < 1.29 is 9.53 Å². The molecule has 92 valence electrons. The number of benzene rings is 1. The second kappa shape index (κ2) is 6.74. The summed E-state index contributed by atoms with van der Waals surface area (Å²) in [5.41, 5.74) is 2.36.